The van der Waals surface area contributed by atoms with Crippen molar-refractivity contribution in [3.63, 3.8) is 0 Å². The molecule has 16 rings (SSSR count). The Morgan fingerprint density at radius 2 is 0.528 bits per heavy atom. The Bertz CT molecular complexity index is 5090. The quantitative estimate of drug-likeness (QED) is 0.146. The zero-order valence-electron chi connectivity index (χ0n) is 62.9. The fourth-order valence-electron chi connectivity index (χ4n) is 12.9. The molecule has 0 atom stereocenters. The third-order valence-corrected chi connectivity index (χ3v) is 24.4. The first kappa shape index (κ1) is 81.7. The predicted molar refractivity (Wildman–Crippen MR) is 466 cm³/mol. The van der Waals surface area contributed by atoms with Gasteiger partial charge in [-0.2, -0.15) is 0 Å². The molecule has 9 aromatic carbocycles. The van der Waals surface area contributed by atoms with Crippen LogP contribution >= 0.6 is 0 Å². The van der Waals surface area contributed by atoms with Crippen LogP contribution in [-0.4, -0.2) is 208 Å². The standard InChI is InChI=1S/C29H20N3.2C13H12N.2C12H11N2.C11H10N3.6Bi.12H/c1-18-15-27-24-13-7-5-11-22(24)20-9-3-4-10-21(20)23-12-6-8-14-25(23)28(27)16-26(18)29-31-17-30-19(2)32-29;1-10-7-8-14-13(9-10)12-6-4-3-5-11(12)2;1-10-5-3-4-6-13(10)12-7-8-14-11(2)9-12;1-9-5-3-4-6-11(9)12-7-8-13-10(2)14-12;1-9-5-3-4-6-11(9)12-13-8-7-10(2)14-12;1-8-5-3-4-6-10(8)11-13-7-12-9(2)14-11;;;;;;;;;;;;;;;;;;/h3-16H,1-2H3;2*3-7,9H,1-2H3;2*3-7H,1-2H3;3-6H,1-2H3;;;;;;;;;;;;;;;;;;. The second-order valence-corrected chi connectivity index (χ2v) is 39.6. The van der Waals surface area contributed by atoms with E-state index in [1.54, 1.807) is 0 Å². The minimum absolute atomic E-state index is 0.573. The summed E-state index contributed by atoms with van der Waals surface area (Å²) < 4.78 is 6.69. The van der Waals surface area contributed by atoms with Gasteiger partial charge >= 0.3 is 735 Å². The summed E-state index contributed by atoms with van der Waals surface area (Å²) in [5, 5.41) is 0. The van der Waals surface area contributed by atoms with E-state index in [9.17, 15) is 0 Å². The summed E-state index contributed by atoms with van der Waals surface area (Å²) >= 11 is 4.36. The van der Waals surface area contributed by atoms with Crippen LogP contribution in [0.5, 0.6) is 0 Å². The number of benzene rings is 9. The number of aryl methyl sites for hydroxylation is 12. The minimum atomic E-state index is 0.573. The number of nitrogens with zero attached hydrogens (tertiary/aromatic N) is 12. The summed E-state index contributed by atoms with van der Waals surface area (Å²) in [4.78, 5) is 53.9. The van der Waals surface area contributed by atoms with Gasteiger partial charge in [-0.05, 0) is 0 Å². The molecule has 15 aromatic rings. The van der Waals surface area contributed by atoms with E-state index in [1.165, 1.54) is 119 Å². The van der Waals surface area contributed by atoms with Crippen molar-refractivity contribution >= 4 is 169 Å². The molecule has 1 aliphatic carbocycles. The summed E-state index contributed by atoms with van der Waals surface area (Å²) in [6.45, 7) is 24.8. The molecule has 0 saturated carbocycles. The van der Waals surface area contributed by atoms with Crippen LogP contribution in [0.4, 0.5) is 0 Å². The van der Waals surface area contributed by atoms with Gasteiger partial charge in [-0.15, -0.1) is 0 Å². The maximum absolute atomic E-state index is 4.74. The van der Waals surface area contributed by atoms with Gasteiger partial charge in [0, 0.05) is 0 Å². The van der Waals surface area contributed by atoms with Gasteiger partial charge in [0.2, 0.25) is 0 Å². The average molecular weight is 2590 g/mol. The van der Waals surface area contributed by atoms with Gasteiger partial charge in [-0.25, -0.2) is 0 Å². The SMILES string of the molecule is Cc1c[c]([BiH2])nc(-c2ccccc2C)c1.Cc1c[c]([BiH2])nc(-c2ccccc2C)n1.Cc1cc(-c2ccccc2C)c[c]([BiH2])n1.Cc1n[c]([BiH2])cc(-c2ccccc2C)n1.Cc1n[c]([BiH2])nc(-c2cc3c(cc2C)-c2ccccc2-c2ccccc2-c2ccccc2-3)n1.Cc1n[c]([BiH2])nc(-c2ccccc2C)n1. The summed E-state index contributed by atoms with van der Waals surface area (Å²) in [5.74, 6) is 4.90. The monoisotopic (exact) mass is 2590 g/mol. The normalized spacial score (nSPS) is 10.7. The van der Waals surface area contributed by atoms with Crippen LogP contribution in [0.2, 0.25) is 0 Å². The molecule has 12 nitrogen and oxygen atoms in total. The van der Waals surface area contributed by atoms with Crippen LogP contribution in [-0.2, 0) is 0 Å². The molecule has 0 saturated heterocycles. The number of fused-ring (bicyclic) bond motifs is 8. The molecule has 18 heteroatoms. The van der Waals surface area contributed by atoms with Gasteiger partial charge in [-0.3, -0.25) is 0 Å². The molecule has 0 N–H and O–H groups in total. The van der Waals surface area contributed by atoms with Gasteiger partial charge < -0.3 is 0 Å². The molecule has 0 fully saturated rings. The third kappa shape index (κ3) is 21.7. The van der Waals surface area contributed by atoms with Crippen molar-refractivity contribution in [3.05, 3.63) is 310 Å². The topological polar surface area (TPSA) is 155 Å². The van der Waals surface area contributed by atoms with Crippen molar-refractivity contribution in [3.8, 4) is 112 Å². The summed E-state index contributed by atoms with van der Waals surface area (Å²) in [6, 6.07) is 85.3. The molecular formula is C90H88Bi6N12. The molecule has 6 aromatic heterocycles. The fourth-order valence-corrected chi connectivity index (χ4v) is 21.1. The van der Waals surface area contributed by atoms with Gasteiger partial charge in [0.1, 0.15) is 0 Å². The molecule has 108 heavy (non-hydrogen) atoms. The van der Waals surface area contributed by atoms with E-state index in [1.807, 2.05) is 58.0 Å². The Hall–Kier alpha value is -7.24. The molecule has 6 heterocycles. The predicted octanol–water partition coefficient (Wildman–Crippen LogP) is 11.1. The van der Waals surface area contributed by atoms with Crippen molar-refractivity contribution in [2.24, 2.45) is 0 Å². The van der Waals surface area contributed by atoms with Crippen LogP contribution in [0.1, 0.15) is 67.8 Å². The van der Waals surface area contributed by atoms with Crippen molar-refractivity contribution < 1.29 is 0 Å². The molecule has 0 bridgehead atoms. The Morgan fingerprint density at radius 3 is 0.935 bits per heavy atom. The van der Waals surface area contributed by atoms with Crippen LogP contribution in [0.15, 0.2) is 243 Å². The van der Waals surface area contributed by atoms with Crippen molar-refractivity contribution in [2.75, 3.05) is 0 Å². The van der Waals surface area contributed by atoms with E-state index in [4.69, 9.17) is 9.97 Å². The first-order valence-electron chi connectivity index (χ1n) is 35.3. The van der Waals surface area contributed by atoms with Crippen molar-refractivity contribution in [2.45, 2.75) is 83.1 Å². The van der Waals surface area contributed by atoms with Crippen LogP contribution in [0, 0.1) is 83.1 Å². The van der Waals surface area contributed by atoms with Crippen molar-refractivity contribution in [1.29, 1.82) is 0 Å². The van der Waals surface area contributed by atoms with Gasteiger partial charge in [0.05, 0.1) is 0 Å². The number of aromatic nitrogens is 12. The molecule has 0 aliphatic heterocycles. The number of hydrogen-bond donors (Lipinski definition) is 0. The first-order valence-corrected chi connectivity index (χ1v) is 48.8. The molecule has 1 aliphatic rings. The number of pyridine rings is 2. The van der Waals surface area contributed by atoms with E-state index in [2.05, 4.69) is 318 Å². The van der Waals surface area contributed by atoms with E-state index >= 15 is 0 Å². The molecule has 0 spiro atoms. The van der Waals surface area contributed by atoms with Gasteiger partial charge in [-0.1, -0.05) is 0 Å². The number of hydrogen-bond acceptors (Lipinski definition) is 12. The molecule has 0 unspecified atom stereocenters. The maximum atomic E-state index is 4.74. The molecule has 0 radical (unpaired) electrons. The van der Waals surface area contributed by atoms with Gasteiger partial charge in [0.25, 0.3) is 0 Å². The van der Waals surface area contributed by atoms with Crippen LogP contribution in [0.25, 0.3) is 112 Å². The van der Waals surface area contributed by atoms with Gasteiger partial charge in [0.15, 0.2) is 0 Å². The Morgan fingerprint density at radius 1 is 0.194 bits per heavy atom. The van der Waals surface area contributed by atoms with Crippen LogP contribution < -0.4 is 20.7 Å². The average Bonchev–Trinajstić information content (AvgIpc) is 0.739. The summed E-state index contributed by atoms with van der Waals surface area (Å²) in [7, 11) is 0. The van der Waals surface area contributed by atoms with E-state index < -0.39 is 0 Å². The third-order valence-electron chi connectivity index (χ3n) is 17.8. The van der Waals surface area contributed by atoms with Crippen LogP contribution in [0.3, 0.4) is 0 Å². The zero-order valence-corrected chi connectivity index (χ0v) is 89.9. The summed E-state index contributed by atoms with van der Waals surface area (Å²) in [6.07, 6.45) is 0. The molecule has 0 amide bonds. The molecular weight excluding hydrogens is 2500 g/mol. The summed E-state index contributed by atoms with van der Waals surface area (Å²) in [5.41, 5.74) is 31.5. The Kier molecular flexibility index (Phi) is 29.2. The van der Waals surface area contributed by atoms with E-state index in [0.717, 1.165) is 180 Å². The Balaban J connectivity index is 0.000000134. The van der Waals surface area contributed by atoms with E-state index in [0.29, 0.717) is 49.4 Å². The second kappa shape index (κ2) is 38.6. The second-order valence-electron chi connectivity index (χ2n) is 26.4. The Labute approximate surface area is 725 Å². The number of rotatable bonds is 6. The zero-order chi connectivity index (χ0) is 76.7. The first-order chi connectivity index (χ1) is 51.9. The molecule has 538 valence electrons. The fraction of sp³-hybridized carbons (Fsp3) is 0.133. The van der Waals surface area contributed by atoms with Crippen molar-refractivity contribution in [1.82, 2.24) is 59.8 Å². The van der Waals surface area contributed by atoms with E-state index in [-0.39, 0.29) is 0 Å².